The minimum atomic E-state index is -0.294. The van der Waals surface area contributed by atoms with E-state index in [1.165, 1.54) is 0 Å². The lowest BCUT2D eigenvalue weighted by Crippen LogP contribution is -1.89. The van der Waals surface area contributed by atoms with Gasteiger partial charge in [0.2, 0.25) is 5.88 Å². The highest BCUT2D eigenvalue weighted by Gasteiger charge is 2.14. The van der Waals surface area contributed by atoms with Crippen molar-refractivity contribution < 1.29 is 5.11 Å². The Morgan fingerprint density at radius 1 is 1.29 bits per heavy atom. The van der Waals surface area contributed by atoms with Crippen LogP contribution in [-0.2, 0) is 0 Å². The molecule has 6 heteroatoms. The maximum absolute atomic E-state index is 11.1. The van der Waals surface area contributed by atoms with E-state index in [9.17, 15) is 9.90 Å². The van der Waals surface area contributed by atoms with Crippen LogP contribution in [0.15, 0.2) is 39.3 Å². The lowest BCUT2D eigenvalue weighted by Gasteiger charge is -1.95. The van der Waals surface area contributed by atoms with Gasteiger partial charge in [-0.05, 0) is 12.1 Å². The Bertz CT molecular complexity index is 697. The maximum atomic E-state index is 11.1. The summed E-state index contributed by atoms with van der Waals surface area (Å²) in [6, 6.07) is 7.53. The number of nitrogens with one attached hydrogen (secondary N) is 1. The van der Waals surface area contributed by atoms with Gasteiger partial charge < -0.3 is 5.11 Å². The average Bonchev–Trinajstić information content (AvgIpc) is 2.85. The van der Waals surface area contributed by atoms with Gasteiger partial charge >= 0.3 is 4.87 Å². The van der Waals surface area contributed by atoms with Crippen molar-refractivity contribution in [3.63, 3.8) is 0 Å². The molecule has 0 bridgehead atoms. The Labute approximate surface area is 99.8 Å². The number of H-pyrrole nitrogens is 1. The molecule has 2 heterocycles. The van der Waals surface area contributed by atoms with Crippen LogP contribution in [0.5, 0.6) is 5.88 Å². The van der Waals surface area contributed by atoms with Gasteiger partial charge in [-0.1, -0.05) is 29.5 Å². The van der Waals surface area contributed by atoms with Crippen LogP contribution < -0.4 is 4.87 Å². The smallest absolute Gasteiger partial charge is 0.307 e. The van der Waals surface area contributed by atoms with Gasteiger partial charge in [0.25, 0.3) is 0 Å². The van der Waals surface area contributed by atoms with Crippen molar-refractivity contribution in [2.75, 3.05) is 0 Å². The van der Waals surface area contributed by atoms with Crippen LogP contribution in [0.3, 0.4) is 0 Å². The molecule has 3 rings (SSSR count). The van der Waals surface area contributed by atoms with Crippen LogP contribution in [0.2, 0.25) is 0 Å². The summed E-state index contributed by atoms with van der Waals surface area (Å²) in [7, 11) is 0. The Kier molecular flexibility index (Phi) is 2.15. The normalized spacial score (nSPS) is 15.4. The quantitative estimate of drug-likeness (QED) is 0.810. The van der Waals surface area contributed by atoms with Gasteiger partial charge in [0.1, 0.15) is 0 Å². The molecule has 0 saturated heterocycles. The molecule has 17 heavy (non-hydrogen) atoms. The highest BCUT2D eigenvalue weighted by molar-refractivity contribution is 7.10. The number of aromatic hydroxyl groups is 1. The standard InChI is InChI=1S/C11H7N3O2S/c15-10-9(17-11(16)12-10)5-8-6-3-1-2-4-7(6)13-14-8/h1-5,15H,(H,12,16)/b8-5-. The molecule has 0 spiro atoms. The molecule has 1 aliphatic rings. The Morgan fingerprint density at radius 3 is 2.88 bits per heavy atom. The molecule has 0 radical (unpaired) electrons. The van der Waals surface area contributed by atoms with Gasteiger partial charge in [-0.25, -0.2) is 0 Å². The van der Waals surface area contributed by atoms with E-state index in [-0.39, 0.29) is 10.8 Å². The topological polar surface area (TPSA) is 77.8 Å². The van der Waals surface area contributed by atoms with E-state index in [1.54, 1.807) is 6.08 Å². The molecular formula is C11H7N3O2S. The van der Waals surface area contributed by atoms with E-state index in [4.69, 9.17) is 0 Å². The molecule has 0 fully saturated rings. The van der Waals surface area contributed by atoms with Crippen molar-refractivity contribution in [1.29, 1.82) is 0 Å². The highest BCUT2D eigenvalue weighted by Crippen LogP contribution is 2.36. The van der Waals surface area contributed by atoms with Crippen LogP contribution in [0.4, 0.5) is 5.69 Å². The van der Waals surface area contributed by atoms with Crippen LogP contribution in [0.1, 0.15) is 10.4 Å². The fourth-order valence-electron chi connectivity index (χ4n) is 1.60. The van der Waals surface area contributed by atoms with E-state index in [0.29, 0.717) is 10.6 Å². The van der Waals surface area contributed by atoms with E-state index < -0.39 is 0 Å². The molecule has 1 aromatic carbocycles. The number of nitrogens with zero attached hydrogens (tertiary/aromatic N) is 2. The van der Waals surface area contributed by atoms with Gasteiger partial charge in [-0.2, -0.15) is 0 Å². The molecular weight excluding hydrogens is 238 g/mol. The van der Waals surface area contributed by atoms with Crippen molar-refractivity contribution >= 4 is 28.8 Å². The first-order chi connectivity index (χ1) is 8.24. The van der Waals surface area contributed by atoms with Crippen LogP contribution in [-0.4, -0.2) is 10.1 Å². The SMILES string of the molecule is O=c1[nH]c(O)c(/C=C2\N=Nc3ccccc32)s1. The van der Waals surface area contributed by atoms with Crippen LogP contribution in [0.25, 0.3) is 11.8 Å². The minimum Gasteiger partial charge on any atom is -0.493 e. The molecule has 0 aliphatic carbocycles. The zero-order valence-electron chi connectivity index (χ0n) is 8.54. The summed E-state index contributed by atoms with van der Waals surface area (Å²) in [5, 5.41) is 17.5. The number of rotatable bonds is 1. The summed E-state index contributed by atoms with van der Waals surface area (Å²) < 4.78 is 0. The third-order valence-electron chi connectivity index (χ3n) is 2.37. The largest absolute Gasteiger partial charge is 0.493 e. The first kappa shape index (κ1) is 9.98. The molecule has 0 amide bonds. The molecule has 1 aliphatic heterocycles. The summed E-state index contributed by atoms with van der Waals surface area (Å²) >= 11 is 0.937. The molecule has 0 saturated carbocycles. The Hall–Kier alpha value is -2.21. The molecule has 0 unspecified atom stereocenters. The molecule has 0 atom stereocenters. The minimum absolute atomic E-state index is 0.132. The number of azo groups is 1. The van der Waals surface area contributed by atoms with Crippen LogP contribution >= 0.6 is 11.3 Å². The zero-order chi connectivity index (χ0) is 11.8. The molecule has 84 valence electrons. The number of hydrogen-bond donors (Lipinski definition) is 2. The van der Waals surface area contributed by atoms with Gasteiger partial charge in [0, 0.05) is 5.56 Å². The van der Waals surface area contributed by atoms with E-state index in [2.05, 4.69) is 15.2 Å². The van der Waals surface area contributed by atoms with Gasteiger partial charge in [-0.3, -0.25) is 9.78 Å². The fraction of sp³-hybridized carbons (Fsp3) is 0. The summed E-state index contributed by atoms with van der Waals surface area (Å²) in [4.78, 5) is 13.5. The summed E-state index contributed by atoms with van der Waals surface area (Å²) in [5.41, 5.74) is 2.33. The number of aromatic amines is 1. The van der Waals surface area contributed by atoms with Gasteiger partial charge in [-0.15, -0.1) is 10.2 Å². The number of fused-ring (bicyclic) bond motifs is 1. The third-order valence-corrected chi connectivity index (χ3v) is 3.19. The second-order valence-electron chi connectivity index (χ2n) is 3.47. The first-order valence-corrected chi connectivity index (χ1v) is 5.70. The Balaban J connectivity index is 2.11. The predicted molar refractivity (Wildman–Crippen MR) is 65.4 cm³/mol. The van der Waals surface area contributed by atoms with E-state index >= 15 is 0 Å². The number of aromatic nitrogens is 1. The number of thiazole rings is 1. The Morgan fingerprint density at radius 2 is 2.12 bits per heavy atom. The molecule has 1 aromatic heterocycles. The number of benzene rings is 1. The lowest BCUT2D eigenvalue weighted by molar-refractivity contribution is 0.455. The number of hydrogen-bond acceptors (Lipinski definition) is 5. The van der Waals surface area contributed by atoms with Crippen LogP contribution in [0, 0.1) is 0 Å². The predicted octanol–water partition coefficient (Wildman–Crippen LogP) is 2.74. The van der Waals surface area contributed by atoms with E-state index in [1.807, 2.05) is 24.3 Å². The first-order valence-electron chi connectivity index (χ1n) is 4.89. The maximum Gasteiger partial charge on any atom is 0.307 e. The summed E-state index contributed by atoms with van der Waals surface area (Å²) in [6.45, 7) is 0. The molecule has 2 N–H and O–H groups in total. The molecule has 2 aromatic rings. The van der Waals surface area contributed by atoms with Crippen molar-refractivity contribution in [2.45, 2.75) is 0 Å². The van der Waals surface area contributed by atoms with E-state index in [0.717, 1.165) is 22.6 Å². The second-order valence-corrected chi connectivity index (χ2v) is 4.49. The lowest BCUT2D eigenvalue weighted by atomic mass is 10.1. The summed E-state index contributed by atoms with van der Waals surface area (Å²) in [6.07, 6.45) is 1.65. The average molecular weight is 245 g/mol. The van der Waals surface area contributed by atoms with Crippen molar-refractivity contribution in [1.82, 2.24) is 4.98 Å². The van der Waals surface area contributed by atoms with Crippen molar-refractivity contribution in [3.8, 4) is 5.88 Å². The second kappa shape index (κ2) is 3.67. The van der Waals surface area contributed by atoms with Gasteiger partial charge in [0.15, 0.2) is 0 Å². The van der Waals surface area contributed by atoms with Gasteiger partial charge in [0.05, 0.1) is 16.3 Å². The van der Waals surface area contributed by atoms with Crippen molar-refractivity contribution in [3.05, 3.63) is 44.4 Å². The summed E-state index contributed by atoms with van der Waals surface area (Å²) in [5.74, 6) is -0.132. The fourth-order valence-corrected chi connectivity index (χ4v) is 2.27. The monoisotopic (exact) mass is 245 g/mol. The highest BCUT2D eigenvalue weighted by atomic mass is 32.1. The van der Waals surface area contributed by atoms with Crippen molar-refractivity contribution in [2.24, 2.45) is 10.2 Å². The third kappa shape index (κ3) is 1.68. The zero-order valence-corrected chi connectivity index (χ0v) is 9.36. The molecule has 5 nitrogen and oxygen atoms in total.